The summed E-state index contributed by atoms with van der Waals surface area (Å²) < 4.78 is 17.2. The zero-order valence-corrected chi connectivity index (χ0v) is 20.6. The third-order valence-corrected chi connectivity index (χ3v) is 5.25. The Balaban J connectivity index is 1.45. The maximum absolute atomic E-state index is 12.6. The summed E-state index contributed by atoms with van der Waals surface area (Å²) in [4.78, 5) is 29.2. The average Bonchev–Trinajstić information content (AvgIpc) is 2.88. The van der Waals surface area contributed by atoms with Crippen molar-refractivity contribution < 1.29 is 23.8 Å². The number of aryl methyl sites for hydroxylation is 2. The molecule has 0 aliphatic heterocycles. The highest BCUT2D eigenvalue weighted by atomic mass is 16.5. The van der Waals surface area contributed by atoms with Gasteiger partial charge in [0.1, 0.15) is 23.0 Å². The van der Waals surface area contributed by atoms with E-state index in [1.165, 1.54) is 0 Å². The molecule has 0 radical (unpaired) electrons. The fraction of sp³-hybridized carbons (Fsp3) is 0.138. The van der Waals surface area contributed by atoms with Crippen molar-refractivity contribution in [2.24, 2.45) is 0 Å². The van der Waals surface area contributed by atoms with E-state index in [1.54, 1.807) is 54.9 Å². The van der Waals surface area contributed by atoms with E-state index < -0.39 is 0 Å². The van der Waals surface area contributed by atoms with Crippen LogP contribution in [0.15, 0.2) is 91.3 Å². The van der Waals surface area contributed by atoms with Crippen LogP contribution in [-0.4, -0.2) is 30.0 Å². The third-order valence-electron chi connectivity index (χ3n) is 5.25. The molecule has 37 heavy (non-hydrogen) atoms. The molecule has 0 aliphatic carbocycles. The zero-order chi connectivity index (χ0) is 26.0. The van der Waals surface area contributed by atoms with Crippen LogP contribution in [0.4, 0.5) is 11.4 Å². The van der Waals surface area contributed by atoms with Crippen molar-refractivity contribution in [1.82, 2.24) is 4.98 Å². The van der Waals surface area contributed by atoms with Crippen molar-refractivity contribution in [3.63, 3.8) is 0 Å². The van der Waals surface area contributed by atoms with Crippen LogP contribution in [0.25, 0.3) is 0 Å². The highest BCUT2D eigenvalue weighted by Gasteiger charge is 2.11. The van der Waals surface area contributed by atoms with E-state index in [9.17, 15) is 9.59 Å². The smallest absolute Gasteiger partial charge is 0.262 e. The van der Waals surface area contributed by atoms with Gasteiger partial charge in [-0.2, -0.15) is 0 Å². The number of carbonyl (C=O) groups is 2. The molecule has 4 aromatic rings. The lowest BCUT2D eigenvalue weighted by atomic mass is 10.2. The maximum atomic E-state index is 12.6. The highest BCUT2D eigenvalue weighted by Crippen LogP contribution is 2.28. The summed E-state index contributed by atoms with van der Waals surface area (Å²) in [5, 5.41) is 5.59. The average molecular weight is 498 g/mol. The van der Waals surface area contributed by atoms with Crippen LogP contribution in [0.3, 0.4) is 0 Å². The quantitative estimate of drug-likeness (QED) is 0.299. The number of benzene rings is 3. The van der Waals surface area contributed by atoms with E-state index >= 15 is 0 Å². The molecule has 188 valence electrons. The number of nitrogens with one attached hydrogen (secondary N) is 2. The minimum Gasteiger partial charge on any atom is -0.483 e. The lowest BCUT2D eigenvalue weighted by molar-refractivity contribution is -0.118. The Bertz CT molecular complexity index is 1290. The van der Waals surface area contributed by atoms with Crippen LogP contribution >= 0.6 is 0 Å². The molecule has 0 spiro atoms. The number of ether oxygens (including phenoxy) is 3. The van der Waals surface area contributed by atoms with Crippen molar-refractivity contribution in [3.8, 4) is 23.0 Å². The second kappa shape index (κ2) is 12.2. The molecule has 2 N–H and O–H groups in total. The summed E-state index contributed by atoms with van der Waals surface area (Å²) in [6.45, 7) is 3.46. The lowest BCUT2D eigenvalue weighted by Gasteiger charge is -2.14. The number of hydrogen-bond donors (Lipinski definition) is 2. The zero-order valence-electron chi connectivity index (χ0n) is 20.6. The first-order valence-corrected chi connectivity index (χ1v) is 11.7. The van der Waals surface area contributed by atoms with Gasteiger partial charge in [0.2, 0.25) is 0 Å². The summed E-state index contributed by atoms with van der Waals surface area (Å²) in [5.41, 5.74) is 2.71. The van der Waals surface area contributed by atoms with E-state index in [1.807, 2.05) is 50.2 Å². The predicted molar refractivity (Wildman–Crippen MR) is 141 cm³/mol. The van der Waals surface area contributed by atoms with E-state index in [2.05, 4.69) is 15.6 Å². The maximum Gasteiger partial charge on any atom is 0.262 e. The van der Waals surface area contributed by atoms with Gasteiger partial charge < -0.3 is 24.8 Å². The summed E-state index contributed by atoms with van der Waals surface area (Å²) in [6.07, 6.45) is 3.20. The number of para-hydroxylation sites is 2. The topological polar surface area (TPSA) is 98.8 Å². The first-order chi connectivity index (χ1) is 18.0. The standard InChI is InChI=1S/C29H27N3O5/c1-20-8-3-5-11-26(20)35-18-28(33)31-22-14-23(16-25(15-22)37-24-10-7-13-30-17-24)32-29(34)19-36-27-12-6-4-9-21(27)2/h3-17H,18-19H2,1-2H3,(H,31,33)(H,32,34). The van der Waals surface area contributed by atoms with Gasteiger partial charge in [0, 0.05) is 29.7 Å². The second-order valence-electron chi connectivity index (χ2n) is 8.24. The number of nitrogens with zero attached hydrogens (tertiary/aromatic N) is 1. The molecular formula is C29H27N3O5. The monoisotopic (exact) mass is 497 g/mol. The normalized spacial score (nSPS) is 10.3. The molecular weight excluding hydrogens is 470 g/mol. The van der Waals surface area contributed by atoms with Gasteiger partial charge in [-0.25, -0.2) is 0 Å². The SMILES string of the molecule is Cc1ccccc1OCC(=O)Nc1cc(NC(=O)COc2ccccc2C)cc(Oc2cccnc2)c1. The van der Waals surface area contributed by atoms with Crippen molar-refractivity contribution in [2.45, 2.75) is 13.8 Å². The minimum absolute atomic E-state index is 0.176. The molecule has 0 unspecified atom stereocenters. The van der Waals surface area contributed by atoms with Crippen LogP contribution in [0.1, 0.15) is 11.1 Å². The third kappa shape index (κ3) is 7.57. The van der Waals surface area contributed by atoms with E-state index in [4.69, 9.17) is 14.2 Å². The van der Waals surface area contributed by atoms with Gasteiger partial charge in [-0.1, -0.05) is 36.4 Å². The number of amides is 2. The van der Waals surface area contributed by atoms with Gasteiger partial charge in [0.05, 0.1) is 6.20 Å². The molecule has 1 heterocycles. The molecule has 0 saturated carbocycles. The van der Waals surface area contributed by atoms with Gasteiger partial charge >= 0.3 is 0 Å². The van der Waals surface area contributed by atoms with Gasteiger partial charge in [0.15, 0.2) is 13.2 Å². The molecule has 4 rings (SSSR count). The van der Waals surface area contributed by atoms with Crippen molar-refractivity contribution in [3.05, 3.63) is 102 Å². The fourth-order valence-corrected chi connectivity index (χ4v) is 3.46. The van der Waals surface area contributed by atoms with Gasteiger partial charge in [-0.05, 0) is 55.3 Å². The Hall–Kier alpha value is -4.85. The Morgan fingerprint density at radius 1 is 0.703 bits per heavy atom. The van der Waals surface area contributed by atoms with E-state index in [0.717, 1.165) is 11.1 Å². The Morgan fingerprint density at radius 3 is 1.73 bits per heavy atom. The van der Waals surface area contributed by atoms with Gasteiger partial charge in [0.25, 0.3) is 11.8 Å². The van der Waals surface area contributed by atoms with Crippen molar-refractivity contribution >= 4 is 23.2 Å². The van der Waals surface area contributed by atoms with Crippen LogP contribution in [0.2, 0.25) is 0 Å². The summed E-state index contributed by atoms with van der Waals surface area (Å²) in [5.74, 6) is 1.46. The molecule has 0 bridgehead atoms. The summed E-state index contributed by atoms with van der Waals surface area (Å²) in [6, 6.07) is 23.3. The number of aromatic nitrogens is 1. The number of pyridine rings is 1. The lowest BCUT2D eigenvalue weighted by Crippen LogP contribution is -2.22. The molecule has 0 atom stereocenters. The van der Waals surface area contributed by atoms with Crippen LogP contribution in [0, 0.1) is 13.8 Å². The predicted octanol–water partition coefficient (Wildman–Crippen LogP) is 5.53. The van der Waals surface area contributed by atoms with Crippen LogP contribution < -0.4 is 24.8 Å². The van der Waals surface area contributed by atoms with E-state index in [0.29, 0.717) is 34.4 Å². The molecule has 8 heteroatoms. The number of hydrogen-bond acceptors (Lipinski definition) is 6. The number of anilines is 2. The minimum atomic E-state index is -0.359. The molecule has 0 aliphatic rings. The molecule has 0 fully saturated rings. The van der Waals surface area contributed by atoms with Crippen LogP contribution in [0.5, 0.6) is 23.0 Å². The van der Waals surface area contributed by atoms with Crippen molar-refractivity contribution in [2.75, 3.05) is 23.8 Å². The van der Waals surface area contributed by atoms with Gasteiger partial charge in [-0.15, -0.1) is 0 Å². The molecule has 1 aromatic heterocycles. The Kier molecular flexibility index (Phi) is 8.33. The first-order valence-electron chi connectivity index (χ1n) is 11.7. The second-order valence-corrected chi connectivity index (χ2v) is 8.24. The fourth-order valence-electron chi connectivity index (χ4n) is 3.46. The number of rotatable bonds is 10. The van der Waals surface area contributed by atoms with Gasteiger partial charge in [-0.3, -0.25) is 14.6 Å². The summed E-state index contributed by atoms with van der Waals surface area (Å²) in [7, 11) is 0. The molecule has 0 saturated heterocycles. The summed E-state index contributed by atoms with van der Waals surface area (Å²) >= 11 is 0. The highest BCUT2D eigenvalue weighted by molar-refractivity contribution is 5.95. The van der Waals surface area contributed by atoms with E-state index in [-0.39, 0.29) is 25.0 Å². The first kappa shape index (κ1) is 25.2. The number of carbonyl (C=O) groups excluding carboxylic acids is 2. The molecule has 8 nitrogen and oxygen atoms in total. The Labute approximate surface area is 215 Å². The van der Waals surface area contributed by atoms with Crippen molar-refractivity contribution in [1.29, 1.82) is 0 Å². The molecule has 3 aromatic carbocycles. The Morgan fingerprint density at radius 2 is 1.24 bits per heavy atom. The largest absolute Gasteiger partial charge is 0.483 e. The molecule has 2 amide bonds. The van der Waals surface area contributed by atoms with Crippen LogP contribution in [-0.2, 0) is 9.59 Å².